The molecule has 0 amide bonds. The molecule has 0 bridgehead atoms. The monoisotopic (exact) mass is 267 g/mol. The normalized spacial score (nSPS) is 26.6. The molecule has 0 aromatic heterocycles. The number of terminal acetylenes is 1. The van der Waals surface area contributed by atoms with Gasteiger partial charge in [-0.3, -0.25) is 0 Å². The summed E-state index contributed by atoms with van der Waals surface area (Å²) in [4.78, 5) is 0. The molecule has 3 nitrogen and oxygen atoms in total. The average molecular weight is 267 g/mol. The van der Waals surface area contributed by atoms with Gasteiger partial charge in [0.25, 0.3) is 0 Å². The molecule has 1 fully saturated rings. The van der Waals surface area contributed by atoms with Gasteiger partial charge in [0.15, 0.2) is 0 Å². The molecule has 1 rings (SSSR count). The minimum absolute atomic E-state index is 0.0632. The van der Waals surface area contributed by atoms with Crippen LogP contribution in [0.5, 0.6) is 0 Å². The lowest BCUT2D eigenvalue weighted by Gasteiger charge is -2.29. The van der Waals surface area contributed by atoms with Crippen LogP contribution in [0.25, 0.3) is 0 Å². The number of aliphatic hydroxyl groups is 1. The summed E-state index contributed by atoms with van der Waals surface area (Å²) in [6.07, 6.45) is 12.2. The largest absolute Gasteiger partial charge is 0.389 e. The van der Waals surface area contributed by atoms with E-state index in [0.29, 0.717) is 25.2 Å². The zero-order valence-electron chi connectivity index (χ0n) is 12.4. The molecular formula is C16H29NO2. The smallest absolute Gasteiger partial charge is 0.0898 e. The fraction of sp³-hybridized carbons (Fsp3) is 0.875. The lowest BCUT2D eigenvalue weighted by Crippen LogP contribution is -2.38. The molecule has 2 N–H and O–H groups in total. The molecule has 1 aliphatic carbocycles. The molecule has 19 heavy (non-hydrogen) atoms. The van der Waals surface area contributed by atoms with Gasteiger partial charge in [-0.05, 0) is 25.2 Å². The first kappa shape index (κ1) is 16.5. The van der Waals surface area contributed by atoms with Gasteiger partial charge in [-0.1, -0.05) is 39.0 Å². The molecule has 4 atom stereocenters. The summed E-state index contributed by atoms with van der Waals surface area (Å²) in [6.45, 7) is 5.27. The van der Waals surface area contributed by atoms with Crippen LogP contribution in [0.15, 0.2) is 0 Å². The standard InChI is InChI=1S/C16H29NO2/c1-4-8-14(5-2)17-11-15(18)12-19-16-10-7-6-9-13(16)3/h2,13-18H,4,6-12H2,1,3H3. The Labute approximate surface area is 118 Å². The molecule has 3 heteroatoms. The van der Waals surface area contributed by atoms with Crippen molar-refractivity contribution in [2.45, 2.75) is 70.6 Å². The average Bonchev–Trinajstić information content (AvgIpc) is 2.42. The highest BCUT2D eigenvalue weighted by atomic mass is 16.5. The van der Waals surface area contributed by atoms with Crippen molar-refractivity contribution >= 4 is 0 Å². The van der Waals surface area contributed by atoms with Crippen LogP contribution in [-0.4, -0.2) is 36.5 Å². The van der Waals surface area contributed by atoms with Gasteiger partial charge in [-0.25, -0.2) is 0 Å². The Balaban J connectivity index is 2.16. The zero-order chi connectivity index (χ0) is 14.1. The summed E-state index contributed by atoms with van der Waals surface area (Å²) in [6, 6.07) is 0.0632. The van der Waals surface area contributed by atoms with Crippen LogP contribution in [0.2, 0.25) is 0 Å². The molecule has 0 radical (unpaired) electrons. The number of rotatable bonds is 8. The van der Waals surface area contributed by atoms with E-state index in [2.05, 4.69) is 25.1 Å². The maximum absolute atomic E-state index is 9.92. The second-order valence-electron chi connectivity index (χ2n) is 5.70. The fourth-order valence-electron chi connectivity index (χ4n) is 2.63. The van der Waals surface area contributed by atoms with Gasteiger partial charge >= 0.3 is 0 Å². The first-order valence-corrected chi connectivity index (χ1v) is 7.66. The topological polar surface area (TPSA) is 41.5 Å². The van der Waals surface area contributed by atoms with Crippen LogP contribution in [0, 0.1) is 18.3 Å². The molecule has 0 aliphatic heterocycles. The first-order chi connectivity index (χ1) is 9.17. The summed E-state index contributed by atoms with van der Waals surface area (Å²) < 4.78 is 5.84. The van der Waals surface area contributed by atoms with Gasteiger partial charge in [-0.15, -0.1) is 6.42 Å². The highest BCUT2D eigenvalue weighted by molar-refractivity contribution is 4.98. The SMILES string of the molecule is C#CC(CCC)NCC(O)COC1CCCCC1C. The molecule has 1 saturated carbocycles. The predicted molar refractivity (Wildman–Crippen MR) is 78.9 cm³/mol. The van der Waals surface area contributed by atoms with E-state index in [1.165, 1.54) is 19.3 Å². The predicted octanol–water partition coefficient (Wildman–Crippen LogP) is 2.33. The second kappa shape index (κ2) is 9.36. The van der Waals surface area contributed by atoms with Crippen LogP contribution < -0.4 is 5.32 Å². The molecule has 4 unspecified atom stereocenters. The van der Waals surface area contributed by atoms with E-state index >= 15 is 0 Å². The van der Waals surface area contributed by atoms with Gasteiger partial charge in [0.2, 0.25) is 0 Å². The number of ether oxygens (including phenoxy) is 1. The molecule has 0 saturated heterocycles. The summed E-state index contributed by atoms with van der Waals surface area (Å²) in [7, 11) is 0. The number of nitrogens with one attached hydrogen (secondary N) is 1. The van der Waals surface area contributed by atoms with Crippen LogP contribution in [0.4, 0.5) is 0 Å². The Morgan fingerprint density at radius 1 is 1.42 bits per heavy atom. The number of hydrogen-bond donors (Lipinski definition) is 2. The third-order valence-electron chi connectivity index (χ3n) is 3.91. The first-order valence-electron chi connectivity index (χ1n) is 7.66. The van der Waals surface area contributed by atoms with Crippen molar-refractivity contribution in [1.82, 2.24) is 5.32 Å². The zero-order valence-corrected chi connectivity index (χ0v) is 12.4. The van der Waals surface area contributed by atoms with Gasteiger partial charge < -0.3 is 15.2 Å². The third kappa shape index (κ3) is 6.42. The van der Waals surface area contributed by atoms with E-state index in [0.717, 1.165) is 19.3 Å². The highest BCUT2D eigenvalue weighted by Gasteiger charge is 2.22. The van der Waals surface area contributed by atoms with Gasteiger partial charge in [0.1, 0.15) is 0 Å². The van der Waals surface area contributed by atoms with Gasteiger partial charge in [-0.2, -0.15) is 0 Å². The van der Waals surface area contributed by atoms with Crippen molar-refractivity contribution in [3.8, 4) is 12.3 Å². The van der Waals surface area contributed by atoms with Crippen molar-refractivity contribution in [3.63, 3.8) is 0 Å². The van der Waals surface area contributed by atoms with E-state index in [-0.39, 0.29) is 6.04 Å². The van der Waals surface area contributed by atoms with E-state index < -0.39 is 6.10 Å². The molecule has 0 aromatic rings. The Morgan fingerprint density at radius 3 is 2.79 bits per heavy atom. The summed E-state index contributed by atoms with van der Waals surface area (Å²) >= 11 is 0. The van der Waals surface area contributed by atoms with E-state index in [1.807, 2.05) is 0 Å². The molecule has 1 aliphatic rings. The lowest BCUT2D eigenvalue weighted by atomic mass is 9.88. The van der Waals surface area contributed by atoms with Crippen molar-refractivity contribution in [2.75, 3.05) is 13.2 Å². The third-order valence-corrected chi connectivity index (χ3v) is 3.91. The van der Waals surface area contributed by atoms with Gasteiger partial charge in [0.05, 0.1) is 24.9 Å². The van der Waals surface area contributed by atoms with Crippen LogP contribution in [0.3, 0.4) is 0 Å². The Bertz CT molecular complexity index is 274. The summed E-state index contributed by atoms with van der Waals surface area (Å²) in [5.41, 5.74) is 0. The van der Waals surface area contributed by atoms with Crippen LogP contribution in [0.1, 0.15) is 52.4 Å². The maximum atomic E-state index is 9.92. The maximum Gasteiger partial charge on any atom is 0.0898 e. The highest BCUT2D eigenvalue weighted by Crippen LogP contribution is 2.26. The van der Waals surface area contributed by atoms with Crippen molar-refractivity contribution in [3.05, 3.63) is 0 Å². The quantitative estimate of drug-likeness (QED) is 0.663. The van der Waals surface area contributed by atoms with Crippen molar-refractivity contribution < 1.29 is 9.84 Å². The van der Waals surface area contributed by atoms with Crippen molar-refractivity contribution in [2.24, 2.45) is 5.92 Å². The fourth-order valence-corrected chi connectivity index (χ4v) is 2.63. The minimum Gasteiger partial charge on any atom is -0.389 e. The number of aliphatic hydroxyl groups excluding tert-OH is 1. The Hall–Kier alpha value is -0.560. The molecule has 0 heterocycles. The van der Waals surface area contributed by atoms with E-state index in [1.54, 1.807) is 0 Å². The summed E-state index contributed by atoms with van der Waals surface area (Å²) in [5, 5.41) is 13.1. The van der Waals surface area contributed by atoms with E-state index in [4.69, 9.17) is 11.2 Å². The molecule has 0 spiro atoms. The molecule has 110 valence electrons. The molecule has 0 aromatic carbocycles. The van der Waals surface area contributed by atoms with Crippen LogP contribution in [-0.2, 0) is 4.74 Å². The number of hydrogen-bond acceptors (Lipinski definition) is 3. The molecular weight excluding hydrogens is 238 g/mol. The Kier molecular flexibility index (Phi) is 8.13. The summed E-state index contributed by atoms with van der Waals surface area (Å²) in [5.74, 6) is 3.33. The Morgan fingerprint density at radius 2 is 2.16 bits per heavy atom. The lowest BCUT2D eigenvalue weighted by molar-refractivity contribution is -0.0454. The van der Waals surface area contributed by atoms with Crippen LogP contribution >= 0.6 is 0 Å². The van der Waals surface area contributed by atoms with Gasteiger partial charge in [0, 0.05) is 6.54 Å². The minimum atomic E-state index is -0.471. The van der Waals surface area contributed by atoms with E-state index in [9.17, 15) is 5.11 Å². The second-order valence-corrected chi connectivity index (χ2v) is 5.70. The van der Waals surface area contributed by atoms with Crippen molar-refractivity contribution in [1.29, 1.82) is 0 Å².